The largest absolute Gasteiger partial charge is 0.385 e. The van der Waals surface area contributed by atoms with Gasteiger partial charge in [-0.1, -0.05) is 0 Å². The van der Waals surface area contributed by atoms with Crippen LogP contribution in [0.5, 0.6) is 0 Å². The van der Waals surface area contributed by atoms with Crippen molar-refractivity contribution in [3.8, 4) is 0 Å². The van der Waals surface area contributed by atoms with Gasteiger partial charge in [-0.25, -0.2) is 4.79 Å². The summed E-state index contributed by atoms with van der Waals surface area (Å²) in [6, 6.07) is 1.20. The molecule has 0 radical (unpaired) electrons. The Balaban J connectivity index is 1.92. The Kier molecular flexibility index (Phi) is 3.09. The number of hydrogen-bond acceptors (Lipinski definition) is 4. The van der Waals surface area contributed by atoms with E-state index in [2.05, 4.69) is 4.98 Å². The zero-order chi connectivity index (χ0) is 11.5. The fourth-order valence-electron chi connectivity index (χ4n) is 1.46. The molecule has 0 aromatic carbocycles. The molecule has 6 heteroatoms. The molecule has 0 atom stereocenters. The third kappa shape index (κ3) is 2.73. The third-order valence-electron chi connectivity index (χ3n) is 2.58. The van der Waals surface area contributed by atoms with Crippen LogP contribution in [0.15, 0.2) is 15.7 Å². The first kappa shape index (κ1) is 10.9. The summed E-state index contributed by atoms with van der Waals surface area (Å²) in [4.78, 5) is 24.4. The highest BCUT2D eigenvalue weighted by Crippen LogP contribution is 2.28. The predicted octanol–water partition coefficient (Wildman–Crippen LogP) is -0.455. The van der Waals surface area contributed by atoms with Crippen molar-refractivity contribution < 1.29 is 4.74 Å². The van der Waals surface area contributed by atoms with Crippen LogP contribution < -0.4 is 17.0 Å². The number of nitrogens with two attached hydrogens (primary N) is 1. The third-order valence-corrected chi connectivity index (χ3v) is 2.58. The van der Waals surface area contributed by atoms with E-state index in [-0.39, 0.29) is 5.82 Å². The van der Waals surface area contributed by atoms with E-state index in [0.717, 1.165) is 6.61 Å². The molecule has 1 fully saturated rings. The minimum atomic E-state index is -0.486. The highest BCUT2D eigenvalue weighted by Gasteiger charge is 2.20. The highest BCUT2D eigenvalue weighted by atomic mass is 16.5. The summed E-state index contributed by atoms with van der Waals surface area (Å²) in [6.07, 6.45) is 2.47. The number of ether oxygens (including phenoxy) is 1. The van der Waals surface area contributed by atoms with Crippen molar-refractivity contribution in [2.45, 2.75) is 19.4 Å². The van der Waals surface area contributed by atoms with Crippen molar-refractivity contribution >= 4 is 5.82 Å². The van der Waals surface area contributed by atoms with Crippen LogP contribution in [0.2, 0.25) is 0 Å². The summed E-state index contributed by atoms with van der Waals surface area (Å²) in [5.74, 6) is 0.869. The molecular weight excluding hydrogens is 210 g/mol. The lowest BCUT2D eigenvalue weighted by Crippen LogP contribution is -2.32. The van der Waals surface area contributed by atoms with Crippen LogP contribution in [-0.4, -0.2) is 22.8 Å². The second-order valence-corrected chi connectivity index (χ2v) is 4.03. The fourth-order valence-corrected chi connectivity index (χ4v) is 1.46. The Morgan fingerprint density at radius 2 is 2.25 bits per heavy atom. The van der Waals surface area contributed by atoms with Crippen LogP contribution in [0, 0.1) is 5.92 Å². The lowest BCUT2D eigenvalue weighted by atomic mass is 10.5. The molecule has 1 aliphatic rings. The number of rotatable bonds is 5. The van der Waals surface area contributed by atoms with Gasteiger partial charge in [0, 0.05) is 12.7 Å². The molecule has 0 spiro atoms. The van der Waals surface area contributed by atoms with Crippen molar-refractivity contribution in [3.05, 3.63) is 26.9 Å². The number of nitrogen functional groups attached to an aromatic ring is 1. The van der Waals surface area contributed by atoms with Crippen molar-refractivity contribution in [1.82, 2.24) is 9.55 Å². The number of H-pyrrole nitrogens is 1. The molecule has 88 valence electrons. The first-order chi connectivity index (χ1) is 7.66. The van der Waals surface area contributed by atoms with Gasteiger partial charge < -0.3 is 10.5 Å². The summed E-state index contributed by atoms with van der Waals surface area (Å²) < 4.78 is 6.69. The van der Waals surface area contributed by atoms with Gasteiger partial charge in [-0.05, 0) is 18.8 Å². The lowest BCUT2D eigenvalue weighted by Gasteiger charge is -2.08. The van der Waals surface area contributed by atoms with E-state index in [9.17, 15) is 9.59 Å². The van der Waals surface area contributed by atoms with E-state index >= 15 is 0 Å². The normalized spacial score (nSPS) is 15.2. The molecule has 1 saturated carbocycles. The van der Waals surface area contributed by atoms with Crippen LogP contribution >= 0.6 is 0 Å². The quantitative estimate of drug-likeness (QED) is 0.664. The Morgan fingerprint density at radius 1 is 1.50 bits per heavy atom. The predicted molar refractivity (Wildman–Crippen MR) is 59.3 cm³/mol. The van der Waals surface area contributed by atoms with Crippen LogP contribution in [0.1, 0.15) is 12.8 Å². The maximum absolute atomic E-state index is 11.4. The smallest absolute Gasteiger partial charge is 0.329 e. The van der Waals surface area contributed by atoms with Crippen LogP contribution in [0.25, 0.3) is 0 Å². The Bertz CT molecular complexity index is 473. The maximum atomic E-state index is 11.4. The lowest BCUT2D eigenvalue weighted by molar-refractivity contribution is 0.116. The second-order valence-electron chi connectivity index (χ2n) is 4.03. The van der Waals surface area contributed by atoms with Gasteiger partial charge in [0.05, 0.1) is 13.2 Å². The topological polar surface area (TPSA) is 90.1 Å². The SMILES string of the molecule is Nc1cc(=O)[nH]c(=O)n1CCOCC1CC1. The molecule has 0 saturated heterocycles. The fraction of sp³-hybridized carbons (Fsp3) is 0.600. The molecule has 0 aliphatic heterocycles. The molecule has 1 aromatic rings. The summed E-state index contributed by atoms with van der Waals surface area (Å²) in [7, 11) is 0. The zero-order valence-electron chi connectivity index (χ0n) is 8.94. The molecule has 2 rings (SSSR count). The van der Waals surface area contributed by atoms with Gasteiger partial charge in [-0.3, -0.25) is 14.3 Å². The summed E-state index contributed by atoms with van der Waals surface area (Å²) in [5.41, 5.74) is 4.60. The van der Waals surface area contributed by atoms with Gasteiger partial charge in [-0.2, -0.15) is 0 Å². The van der Waals surface area contributed by atoms with Crippen molar-refractivity contribution in [2.75, 3.05) is 18.9 Å². The van der Waals surface area contributed by atoms with Crippen molar-refractivity contribution in [3.63, 3.8) is 0 Å². The average Bonchev–Trinajstić information content (AvgIpc) is 2.98. The van der Waals surface area contributed by atoms with Crippen LogP contribution in [-0.2, 0) is 11.3 Å². The molecular formula is C10H15N3O3. The van der Waals surface area contributed by atoms with Crippen molar-refractivity contribution in [1.29, 1.82) is 0 Å². The summed E-state index contributed by atoms with van der Waals surface area (Å²) >= 11 is 0. The van der Waals surface area contributed by atoms with Gasteiger partial charge in [0.1, 0.15) is 5.82 Å². The first-order valence-electron chi connectivity index (χ1n) is 5.34. The van der Waals surface area contributed by atoms with E-state index < -0.39 is 11.2 Å². The van der Waals surface area contributed by atoms with Crippen LogP contribution in [0.3, 0.4) is 0 Å². The van der Waals surface area contributed by atoms with Gasteiger partial charge >= 0.3 is 5.69 Å². The molecule has 16 heavy (non-hydrogen) atoms. The number of aromatic amines is 1. The van der Waals surface area contributed by atoms with Gasteiger partial charge in [0.15, 0.2) is 0 Å². The number of hydrogen-bond donors (Lipinski definition) is 2. The summed E-state index contributed by atoms with van der Waals surface area (Å²) in [5, 5.41) is 0. The second kappa shape index (κ2) is 4.52. The minimum absolute atomic E-state index is 0.170. The molecule has 1 aromatic heterocycles. The van der Waals surface area contributed by atoms with E-state index in [0.29, 0.717) is 19.1 Å². The highest BCUT2D eigenvalue weighted by molar-refractivity contribution is 5.25. The minimum Gasteiger partial charge on any atom is -0.385 e. The van der Waals surface area contributed by atoms with Gasteiger partial charge in [0.25, 0.3) is 5.56 Å². The standard InChI is InChI=1S/C10H15N3O3/c11-8-5-9(14)12-10(15)13(8)3-4-16-6-7-1-2-7/h5,7H,1-4,6,11H2,(H,12,14,15). The Labute approximate surface area is 92.0 Å². The van der Waals surface area contributed by atoms with Gasteiger partial charge in [-0.15, -0.1) is 0 Å². The average molecular weight is 225 g/mol. The van der Waals surface area contributed by atoms with E-state index in [1.165, 1.54) is 23.5 Å². The molecule has 1 aliphatic carbocycles. The summed E-state index contributed by atoms with van der Waals surface area (Å²) in [6.45, 7) is 1.55. The van der Waals surface area contributed by atoms with Crippen LogP contribution in [0.4, 0.5) is 5.82 Å². The number of aromatic nitrogens is 2. The number of nitrogens with zero attached hydrogens (tertiary/aromatic N) is 1. The van der Waals surface area contributed by atoms with E-state index in [1.807, 2.05) is 0 Å². The molecule has 0 bridgehead atoms. The number of nitrogens with one attached hydrogen (secondary N) is 1. The molecule has 1 heterocycles. The number of anilines is 1. The Morgan fingerprint density at radius 3 is 2.88 bits per heavy atom. The molecule has 0 amide bonds. The maximum Gasteiger partial charge on any atom is 0.329 e. The van der Waals surface area contributed by atoms with E-state index in [1.54, 1.807) is 0 Å². The van der Waals surface area contributed by atoms with E-state index in [4.69, 9.17) is 10.5 Å². The Hall–Kier alpha value is -1.56. The van der Waals surface area contributed by atoms with Gasteiger partial charge in [0.2, 0.25) is 0 Å². The zero-order valence-corrected chi connectivity index (χ0v) is 8.94. The van der Waals surface area contributed by atoms with Crippen molar-refractivity contribution in [2.24, 2.45) is 5.92 Å². The molecule has 6 nitrogen and oxygen atoms in total. The molecule has 3 N–H and O–H groups in total. The monoisotopic (exact) mass is 225 g/mol. The molecule has 0 unspecified atom stereocenters. The first-order valence-corrected chi connectivity index (χ1v) is 5.34.